The summed E-state index contributed by atoms with van der Waals surface area (Å²) in [5.74, 6) is 0.869. The van der Waals surface area contributed by atoms with Crippen LogP contribution in [0.15, 0.2) is 24.3 Å². The number of likely N-dealkylation sites (N-methyl/N-ethyl adjacent to an activating group) is 2. The number of likely N-dealkylation sites (tertiary alicyclic amines) is 1. The van der Waals surface area contributed by atoms with E-state index in [1.165, 1.54) is 57.2 Å². The topological polar surface area (TPSA) is 6.48 Å². The number of aryl methyl sites for hydroxylation is 1. The van der Waals surface area contributed by atoms with Gasteiger partial charge < -0.3 is 9.80 Å². The van der Waals surface area contributed by atoms with Crippen molar-refractivity contribution in [2.45, 2.75) is 50.0 Å². The van der Waals surface area contributed by atoms with E-state index in [0.29, 0.717) is 5.54 Å². The highest BCUT2D eigenvalue weighted by Gasteiger charge is 2.35. The summed E-state index contributed by atoms with van der Waals surface area (Å²) in [6.45, 7) is 2.47. The van der Waals surface area contributed by atoms with Gasteiger partial charge in [-0.15, -0.1) is 0 Å². The molecule has 3 rings (SSSR count). The van der Waals surface area contributed by atoms with E-state index < -0.39 is 0 Å². The van der Waals surface area contributed by atoms with Gasteiger partial charge in [0.05, 0.1) is 0 Å². The molecule has 1 aromatic rings. The molecule has 1 heterocycles. The molecule has 116 valence electrons. The molecule has 1 aliphatic carbocycles. The van der Waals surface area contributed by atoms with Crippen LogP contribution in [0, 0.1) is 0 Å². The van der Waals surface area contributed by atoms with Crippen LogP contribution in [-0.2, 0) is 6.42 Å². The lowest BCUT2D eigenvalue weighted by atomic mass is 9.82. The number of benzene rings is 1. The Labute approximate surface area is 130 Å². The first-order chi connectivity index (χ1) is 10.1. The number of nitrogens with zero attached hydrogens (tertiary/aromatic N) is 2. The lowest BCUT2D eigenvalue weighted by molar-refractivity contribution is 0.0493. The molecular weight excluding hydrogens is 256 g/mol. The zero-order valence-electron chi connectivity index (χ0n) is 13.9. The molecule has 0 radical (unpaired) electrons. The lowest BCUT2D eigenvalue weighted by Crippen LogP contribution is -2.55. The van der Waals surface area contributed by atoms with Crippen LogP contribution >= 0.6 is 0 Å². The largest absolute Gasteiger partial charge is 0.305 e. The fourth-order valence-electron chi connectivity index (χ4n) is 3.93. The van der Waals surface area contributed by atoms with Crippen molar-refractivity contribution in [1.82, 2.24) is 9.80 Å². The lowest BCUT2D eigenvalue weighted by Gasteiger charge is -2.46. The summed E-state index contributed by atoms with van der Waals surface area (Å²) in [6.07, 6.45) is 7.96. The zero-order chi connectivity index (χ0) is 14.9. The van der Waals surface area contributed by atoms with Crippen LogP contribution in [0.4, 0.5) is 0 Å². The second kappa shape index (κ2) is 6.10. The average molecular weight is 286 g/mol. The number of rotatable bonds is 5. The summed E-state index contributed by atoms with van der Waals surface area (Å²) in [5.41, 5.74) is 3.48. The SMILES string of the molecule is CN1CCC[C@](CCc2cccc(C3CC3)c2)(N(C)C)C1. The van der Waals surface area contributed by atoms with Crippen molar-refractivity contribution in [3.05, 3.63) is 35.4 Å². The van der Waals surface area contributed by atoms with Crippen LogP contribution in [0.25, 0.3) is 0 Å². The van der Waals surface area contributed by atoms with Crippen molar-refractivity contribution in [2.75, 3.05) is 34.2 Å². The first-order valence-electron chi connectivity index (χ1n) is 8.54. The summed E-state index contributed by atoms with van der Waals surface area (Å²) in [6, 6.07) is 9.37. The molecule has 0 aromatic heterocycles. The molecule has 0 bridgehead atoms. The molecule has 2 fully saturated rings. The summed E-state index contributed by atoms with van der Waals surface area (Å²) in [7, 11) is 6.80. The molecule has 1 saturated heterocycles. The fourth-order valence-corrected chi connectivity index (χ4v) is 3.93. The van der Waals surface area contributed by atoms with Gasteiger partial charge in [-0.25, -0.2) is 0 Å². The van der Waals surface area contributed by atoms with Crippen molar-refractivity contribution >= 4 is 0 Å². The van der Waals surface area contributed by atoms with Gasteiger partial charge in [0.25, 0.3) is 0 Å². The highest BCUT2D eigenvalue weighted by Crippen LogP contribution is 2.40. The van der Waals surface area contributed by atoms with Crippen LogP contribution in [0.3, 0.4) is 0 Å². The molecule has 0 unspecified atom stereocenters. The Hall–Kier alpha value is -0.860. The second-order valence-electron chi connectivity index (χ2n) is 7.48. The zero-order valence-corrected chi connectivity index (χ0v) is 13.9. The molecule has 0 amide bonds. The highest BCUT2D eigenvalue weighted by atomic mass is 15.2. The molecule has 21 heavy (non-hydrogen) atoms. The minimum Gasteiger partial charge on any atom is -0.305 e. The quantitative estimate of drug-likeness (QED) is 0.817. The van der Waals surface area contributed by atoms with Crippen LogP contribution in [0.5, 0.6) is 0 Å². The number of piperidine rings is 1. The third-order valence-corrected chi connectivity index (χ3v) is 5.57. The van der Waals surface area contributed by atoms with Crippen LogP contribution in [-0.4, -0.2) is 49.6 Å². The first-order valence-corrected chi connectivity index (χ1v) is 8.54. The van der Waals surface area contributed by atoms with Crippen LogP contribution in [0.1, 0.15) is 49.1 Å². The third-order valence-electron chi connectivity index (χ3n) is 5.57. The predicted octanol–water partition coefficient (Wildman–Crippen LogP) is 3.52. The van der Waals surface area contributed by atoms with Gasteiger partial charge in [0.15, 0.2) is 0 Å². The normalized spacial score (nSPS) is 27.2. The molecule has 1 atom stereocenters. The molecule has 2 nitrogen and oxygen atoms in total. The van der Waals surface area contributed by atoms with E-state index in [1.807, 2.05) is 0 Å². The third kappa shape index (κ3) is 3.49. The molecule has 0 N–H and O–H groups in total. The average Bonchev–Trinajstić information content (AvgIpc) is 3.30. The van der Waals surface area contributed by atoms with E-state index in [2.05, 4.69) is 55.2 Å². The van der Waals surface area contributed by atoms with Crippen molar-refractivity contribution < 1.29 is 0 Å². The Bertz CT molecular complexity index is 478. The van der Waals surface area contributed by atoms with Crippen molar-refractivity contribution in [1.29, 1.82) is 0 Å². The van der Waals surface area contributed by atoms with Gasteiger partial charge in [-0.1, -0.05) is 24.3 Å². The first kappa shape index (κ1) is 15.1. The van der Waals surface area contributed by atoms with E-state index in [-0.39, 0.29) is 0 Å². The molecule has 1 aromatic carbocycles. The Kier molecular flexibility index (Phi) is 4.37. The molecule has 1 aliphatic heterocycles. The van der Waals surface area contributed by atoms with Gasteiger partial charge in [-0.3, -0.25) is 0 Å². The molecule has 1 saturated carbocycles. The van der Waals surface area contributed by atoms with Gasteiger partial charge in [-0.05, 0) is 83.3 Å². The standard InChI is InChI=1S/C19H30N2/c1-20(2)19(11-5-13-21(3)15-19)12-10-16-6-4-7-18(14-16)17-8-9-17/h4,6-7,14,17H,5,8-13,15H2,1-3H3/t19-/m1/s1. The summed E-state index contributed by atoms with van der Waals surface area (Å²) in [5, 5.41) is 0. The smallest absolute Gasteiger partial charge is 0.0333 e. The van der Waals surface area contributed by atoms with Gasteiger partial charge in [0, 0.05) is 12.1 Å². The Morgan fingerprint density at radius 1 is 1.29 bits per heavy atom. The minimum absolute atomic E-state index is 0.364. The Morgan fingerprint density at radius 2 is 2.10 bits per heavy atom. The molecule has 2 heteroatoms. The van der Waals surface area contributed by atoms with Gasteiger partial charge in [0.2, 0.25) is 0 Å². The molecule has 0 spiro atoms. The fraction of sp³-hybridized carbons (Fsp3) is 0.684. The van der Waals surface area contributed by atoms with E-state index in [4.69, 9.17) is 0 Å². The van der Waals surface area contributed by atoms with Crippen molar-refractivity contribution in [3.8, 4) is 0 Å². The summed E-state index contributed by atoms with van der Waals surface area (Å²) >= 11 is 0. The maximum atomic E-state index is 2.50. The van der Waals surface area contributed by atoms with Gasteiger partial charge in [-0.2, -0.15) is 0 Å². The van der Waals surface area contributed by atoms with Gasteiger partial charge >= 0.3 is 0 Å². The van der Waals surface area contributed by atoms with Crippen LogP contribution < -0.4 is 0 Å². The van der Waals surface area contributed by atoms with Gasteiger partial charge in [0.1, 0.15) is 0 Å². The van der Waals surface area contributed by atoms with E-state index in [0.717, 1.165) is 5.92 Å². The second-order valence-corrected chi connectivity index (χ2v) is 7.48. The highest BCUT2D eigenvalue weighted by molar-refractivity contribution is 5.29. The van der Waals surface area contributed by atoms with Crippen molar-refractivity contribution in [2.24, 2.45) is 0 Å². The molecular formula is C19H30N2. The van der Waals surface area contributed by atoms with Crippen LogP contribution in [0.2, 0.25) is 0 Å². The molecule has 2 aliphatic rings. The van der Waals surface area contributed by atoms with Crippen molar-refractivity contribution in [3.63, 3.8) is 0 Å². The van der Waals surface area contributed by atoms with E-state index in [1.54, 1.807) is 5.56 Å². The summed E-state index contributed by atoms with van der Waals surface area (Å²) in [4.78, 5) is 4.98. The monoisotopic (exact) mass is 286 g/mol. The summed E-state index contributed by atoms with van der Waals surface area (Å²) < 4.78 is 0. The Balaban J connectivity index is 1.67. The predicted molar refractivity (Wildman–Crippen MR) is 89.9 cm³/mol. The van der Waals surface area contributed by atoms with E-state index in [9.17, 15) is 0 Å². The number of hydrogen-bond acceptors (Lipinski definition) is 2. The minimum atomic E-state index is 0.364. The Morgan fingerprint density at radius 3 is 2.76 bits per heavy atom. The maximum Gasteiger partial charge on any atom is 0.0333 e. The van der Waals surface area contributed by atoms with E-state index >= 15 is 0 Å². The number of hydrogen-bond donors (Lipinski definition) is 0. The maximum absolute atomic E-state index is 2.50.